The summed E-state index contributed by atoms with van der Waals surface area (Å²) >= 11 is 0. The van der Waals surface area contributed by atoms with E-state index in [2.05, 4.69) is 48.5 Å². The van der Waals surface area contributed by atoms with Gasteiger partial charge in [-0.1, -0.05) is 60.7 Å². The van der Waals surface area contributed by atoms with Crippen molar-refractivity contribution in [2.75, 3.05) is 13.2 Å². The van der Waals surface area contributed by atoms with E-state index in [1.54, 1.807) is 0 Å². The fraction of sp³-hybridized carbons (Fsp3) is 0.235. The number of benzene rings is 2. The summed E-state index contributed by atoms with van der Waals surface area (Å²) in [5, 5.41) is 0. The van der Waals surface area contributed by atoms with Crippen LogP contribution in [0.1, 0.15) is 17.2 Å². The van der Waals surface area contributed by atoms with E-state index >= 15 is 0 Å². The summed E-state index contributed by atoms with van der Waals surface area (Å²) in [6.45, 7) is 1.61. The highest BCUT2D eigenvalue weighted by Gasteiger charge is 2.17. The molecule has 0 atom stereocenters. The Hall–Kier alpha value is -1.93. The van der Waals surface area contributed by atoms with Crippen molar-refractivity contribution in [1.82, 2.24) is 0 Å². The lowest BCUT2D eigenvalue weighted by atomic mass is 9.99. The number of nitrogens with zero attached hydrogens (tertiary/aromatic N) is 1. The summed E-state index contributed by atoms with van der Waals surface area (Å²) < 4.78 is 5.19. The summed E-state index contributed by atoms with van der Waals surface area (Å²) in [6.07, 6.45) is 2.05. The second-order valence-electron chi connectivity index (χ2n) is 4.82. The molecule has 1 fully saturated rings. The zero-order valence-corrected chi connectivity index (χ0v) is 10.8. The molecule has 2 nitrogen and oxygen atoms in total. The van der Waals surface area contributed by atoms with E-state index in [9.17, 15) is 0 Å². The smallest absolute Gasteiger partial charge is 0.0995 e. The summed E-state index contributed by atoms with van der Waals surface area (Å²) in [5.74, 6) is 0.481. The van der Waals surface area contributed by atoms with Gasteiger partial charge in [0.05, 0.1) is 19.3 Å². The SMILES string of the molecule is C(=NC(c1ccccc1)c1ccccc1)C1COC1. The van der Waals surface area contributed by atoms with Crippen LogP contribution in [-0.4, -0.2) is 19.4 Å². The number of rotatable bonds is 4. The van der Waals surface area contributed by atoms with Crippen LogP contribution in [0.15, 0.2) is 65.7 Å². The van der Waals surface area contributed by atoms with Crippen molar-refractivity contribution in [1.29, 1.82) is 0 Å². The molecule has 2 aromatic rings. The van der Waals surface area contributed by atoms with Crippen molar-refractivity contribution in [2.45, 2.75) is 6.04 Å². The third kappa shape index (κ3) is 2.91. The highest BCUT2D eigenvalue weighted by atomic mass is 16.5. The van der Waals surface area contributed by atoms with Gasteiger partial charge in [0.25, 0.3) is 0 Å². The van der Waals surface area contributed by atoms with Crippen molar-refractivity contribution in [3.8, 4) is 0 Å². The van der Waals surface area contributed by atoms with Gasteiger partial charge in [-0.3, -0.25) is 4.99 Å². The van der Waals surface area contributed by atoms with E-state index in [0.717, 1.165) is 13.2 Å². The first-order chi connectivity index (χ1) is 9.43. The number of aliphatic imine (C=N–C) groups is 1. The Bertz CT molecular complexity index is 492. The van der Waals surface area contributed by atoms with E-state index in [1.165, 1.54) is 11.1 Å². The van der Waals surface area contributed by atoms with Crippen molar-refractivity contribution < 1.29 is 4.74 Å². The van der Waals surface area contributed by atoms with Crippen molar-refractivity contribution >= 4 is 6.21 Å². The van der Waals surface area contributed by atoms with Crippen LogP contribution in [0.25, 0.3) is 0 Å². The lowest BCUT2D eigenvalue weighted by Gasteiger charge is -2.23. The van der Waals surface area contributed by atoms with E-state index < -0.39 is 0 Å². The van der Waals surface area contributed by atoms with Crippen LogP contribution in [0.5, 0.6) is 0 Å². The van der Waals surface area contributed by atoms with Gasteiger partial charge < -0.3 is 4.74 Å². The Morgan fingerprint density at radius 1 is 0.895 bits per heavy atom. The summed E-state index contributed by atoms with van der Waals surface area (Å²) in [4.78, 5) is 4.78. The molecule has 0 unspecified atom stereocenters. The van der Waals surface area contributed by atoms with Gasteiger partial charge in [-0.05, 0) is 11.1 Å². The average Bonchev–Trinajstić information content (AvgIpc) is 2.43. The first-order valence-electron chi connectivity index (χ1n) is 6.64. The molecule has 0 bridgehead atoms. The van der Waals surface area contributed by atoms with E-state index in [-0.39, 0.29) is 6.04 Å². The van der Waals surface area contributed by atoms with Crippen LogP contribution in [0, 0.1) is 5.92 Å². The molecule has 0 amide bonds. The highest BCUT2D eigenvalue weighted by Crippen LogP contribution is 2.26. The Morgan fingerprint density at radius 2 is 1.42 bits per heavy atom. The zero-order valence-electron chi connectivity index (χ0n) is 10.8. The maximum Gasteiger partial charge on any atom is 0.0995 e. The lowest BCUT2D eigenvalue weighted by Crippen LogP contribution is -2.28. The quantitative estimate of drug-likeness (QED) is 0.762. The average molecular weight is 251 g/mol. The molecule has 19 heavy (non-hydrogen) atoms. The maximum atomic E-state index is 5.19. The molecule has 0 saturated carbocycles. The Morgan fingerprint density at radius 3 is 1.84 bits per heavy atom. The molecule has 3 rings (SSSR count). The Labute approximate surface area is 113 Å². The molecule has 1 aliphatic rings. The first kappa shape index (κ1) is 12.1. The van der Waals surface area contributed by atoms with Crippen molar-refractivity contribution in [2.24, 2.45) is 10.9 Å². The predicted octanol–water partition coefficient (Wildman–Crippen LogP) is 3.49. The van der Waals surface area contributed by atoms with Gasteiger partial charge in [0.1, 0.15) is 0 Å². The third-order valence-electron chi connectivity index (χ3n) is 3.34. The van der Waals surface area contributed by atoms with Crippen molar-refractivity contribution in [3.63, 3.8) is 0 Å². The Balaban J connectivity index is 1.89. The number of ether oxygens (including phenoxy) is 1. The minimum Gasteiger partial charge on any atom is -0.380 e. The van der Waals surface area contributed by atoms with Crippen LogP contribution < -0.4 is 0 Å². The van der Waals surface area contributed by atoms with Gasteiger partial charge in [-0.25, -0.2) is 0 Å². The molecule has 96 valence electrons. The molecule has 1 aliphatic heterocycles. The summed E-state index contributed by atoms with van der Waals surface area (Å²) in [6, 6.07) is 20.9. The van der Waals surface area contributed by atoms with Gasteiger partial charge in [0.15, 0.2) is 0 Å². The standard InChI is InChI=1S/C17H17NO/c1-3-7-15(8-4-1)17(16-9-5-2-6-10-16)18-11-14-12-19-13-14/h1-11,14,17H,12-13H2. The molecule has 1 heterocycles. The monoisotopic (exact) mass is 251 g/mol. The molecule has 0 spiro atoms. The largest absolute Gasteiger partial charge is 0.380 e. The molecular weight excluding hydrogens is 234 g/mol. The third-order valence-corrected chi connectivity index (χ3v) is 3.34. The molecule has 0 N–H and O–H groups in total. The highest BCUT2D eigenvalue weighted by molar-refractivity contribution is 5.63. The van der Waals surface area contributed by atoms with Gasteiger partial charge in [-0.15, -0.1) is 0 Å². The molecule has 0 aliphatic carbocycles. The normalized spacial score (nSPS) is 15.8. The molecule has 2 aromatic carbocycles. The van der Waals surface area contributed by atoms with Gasteiger partial charge >= 0.3 is 0 Å². The second kappa shape index (κ2) is 5.81. The van der Waals surface area contributed by atoms with Crippen LogP contribution in [0.2, 0.25) is 0 Å². The number of hydrogen-bond acceptors (Lipinski definition) is 2. The molecule has 0 radical (unpaired) electrons. The van der Waals surface area contributed by atoms with Crippen LogP contribution >= 0.6 is 0 Å². The van der Waals surface area contributed by atoms with Crippen LogP contribution in [0.4, 0.5) is 0 Å². The van der Waals surface area contributed by atoms with E-state index in [4.69, 9.17) is 9.73 Å². The van der Waals surface area contributed by atoms with E-state index in [1.807, 2.05) is 18.3 Å². The molecule has 1 saturated heterocycles. The van der Waals surface area contributed by atoms with Gasteiger partial charge in [0.2, 0.25) is 0 Å². The Kier molecular flexibility index (Phi) is 3.70. The van der Waals surface area contributed by atoms with Gasteiger partial charge in [0, 0.05) is 12.1 Å². The van der Waals surface area contributed by atoms with Crippen molar-refractivity contribution in [3.05, 3.63) is 71.8 Å². The maximum absolute atomic E-state index is 5.19. The molecule has 2 heteroatoms. The first-order valence-corrected chi connectivity index (χ1v) is 6.64. The fourth-order valence-electron chi connectivity index (χ4n) is 2.18. The lowest BCUT2D eigenvalue weighted by molar-refractivity contribution is 0.00397. The number of hydrogen-bond donors (Lipinski definition) is 0. The topological polar surface area (TPSA) is 21.6 Å². The second-order valence-corrected chi connectivity index (χ2v) is 4.82. The van der Waals surface area contributed by atoms with Crippen LogP contribution in [0.3, 0.4) is 0 Å². The summed E-state index contributed by atoms with van der Waals surface area (Å²) in [5.41, 5.74) is 2.45. The van der Waals surface area contributed by atoms with Gasteiger partial charge in [-0.2, -0.15) is 0 Å². The zero-order chi connectivity index (χ0) is 12.9. The predicted molar refractivity (Wildman–Crippen MR) is 77.5 cm³/mol. The minimum atomic E-state index is 0.0861. The van der Waals surface area contributed by atoms with E-state index in [0.29, 0.717) is 5.92 Å². The minimum absolute atomic E-state index is 0.0861. The fourth-order valence-corrected chi connectivity index (χ4v) is 2.18. The summed E-state index contributed by atoms with van der Waals surface area (Å²) in [7, 11) is 0. The molecule has 0 aromatic heterocycles. The van der Waals surface area contributed by atoms with Crippen LogP contribution in [-0.2, 0) is 4.74 Å². The molecular formula is C17H17NO.